The number of aryl methyl sites for hydroxylation is 2. The average Bonchev–Trinajstić information content (AvgIpc) is 2.88. The standard InChI is InChI=1S/C17H21N3O4/c1-4-20(17(23)24-11-13-8-6-5-7-9-13)15(16(21)22)14-10-19(3)18-12(14)2/h5-10,15H,4,11H2,1-3H3,(H,21,22). The lowest BCUT2D eigenvalue weighted by Crippen LogP contribution is -2.39. The molecule has 2 rings (SSSR count). The first-order valence-corrected chi connectivity index (χ1v) is 7.64. The zero-order valence-electron chi connectivity index (χ0n) is 14.0. The lowest BCUT2D eigenvalue weighted by atomic mass is 10.1. The summed E-state index contributed by atoms with van der Waals surface area (Å²) in [5.74, 6) is -1.12. The maximum absolute atomic E-state index is 12.4. The molecule has 128 valence electrons. The molecule has 0 aliphatic carbocycles. The Morgan fingerprint density at radius 1 is 1.33 bits per heavy atom. The average molecular weight is 331 g/mol. The normalized spacial score (nSPS) is 11.8. The summed E-state index contributed by atoms with van der Waals surface area (Å²) in [5.41, 5.74) is 1.88. The van der Waals surface area contributed by atoms with Gasteiger partial charge in [0.05, 0.1) is 5.69 Å². The molecule has 1 amide bonds. The van der Waals surface area contributed by atoms with Crippen LogP contribution in [-0.2, 0) is 23.2 Å². The number of hydrogen-bond acceptors (Lipinski definition) is 4. The van der Waals surface area contributed by atoms with E-state index in [1.807, 2.05) is 30.3 Å². The molecule has 1 unspecified atom stereocenters. The number of aromatic nitrogens is 2. The summed E-state index contributed by atoms with van der Waals surface area (Å²) in [7, 11) is 1.71. The predicted octanol–water partition coefficient (Wildman–Crippen LogP) is 2.51. The molecule has 0 spiro atoms. The molecule has 1 aromatic carbocycles. The molecule has 1 heterocycles. The molecule has 0 saturated carbocycles. The number of hydrogen-bond donors (Lipinski definition) is 1. The van der Waals surface area contributed by atoms with Gasteiger partial charge in [0.2, 0.25) is 0 Å². The van der Waals surface area contributed by atoms with Crippen molar-refractivity contribution in [2.45, 2.75) is 26.5 Å². The van der Waals surface area contributed by atoms with Crippen LogP contribution in [0.5, 0.6) is 0 Å². The van der Waals surface area contributed by atoms with Crippen LogP contribution >= 0.6 is 0 Å². The minimum Gasteiger partial charge on any atom is -0.479 e. The Labute approximate surface area is 140 Å². The van der Waals surface area contributed by atoms with Gasteiger partial charge < -0.3 is 9.84 Å². The smallest absolute Gasteiger partial charge is 0.411 e. The maximum Gasteiger partial charge on any atom is 0.411 e. The zero-order chi connectivity index (χ0) is 17.7. The number of carbonyl (C=O) groups excluding carboxylic acids is 1. The van der Waals surface area contributed by atoms with Gasteiger partial charge in [-0.1, -0.05) is 30.3 Å². The largest absolute Gasteiger partial charge is 0.479 e. The molecular weight excluding hydrogens is 310 g/mol. The molecule has 0 aliphatic heterocycles. The van der Waals surface area contributed by atoms with Crippen LogP contribution in [0.15, 0.2) is 36.5 Å². The van der Waals surface area contributed by atoms with Gasteiger partial charge in [-0.15, -0.1) is 0 Å². The summed E-state index contributed by atoms with van der Waals surface area (Å²) >= 11 is 0. The van der Waals surface area contributed by atoms with Crippen molar-refractivity contribution < 1.29 is 19.4 Å². The van der Waals surface area contributed by atoms with Crippen molar-refractivity contribution in [1.29, 1.82) is 0 Å². The van der Waals surface area contributed by atoms with Gasteiger partial charge in [-0.3, -0.25) is 9.58 Å². The second-order valence-electron chi connectivity index (χ2n) is 5.41. The van der Waals surface area contributed by atoms with Gasteiger partial charge in [0, 0.05) is 25.4 Å². The summed E-state index contributed by atoms with van der Waals surface area (Å²) in [5, 5.41) is 13.8. The fourth-order valence-corrected chi connectivity index (χ4v) is 2.54. The number of carbonyl (C=O) groups is 2. The lowest BCUT2D eigenvalue weighted by Gasteiger charge is -2.26. The van der Waals surface area contributed by atoms with E-state index in [4.69, 9.17) is 4.74 Å². The molecule has 0 saturated heterocycles. The molecule has 1 N–H and O–H groups in total. The number of carboxylic acid groups (broad SMARTS) is 1. The van der Waals surface area contributed by atoms with Crippen molar-refractivity contribution in [3.05, 3.63) is 53.3 Å². The second kappa shape index (κ2) is 7.63. The van der Waals surface area contributed by atoms with Gasteiger partial charge >= 0.3 is 12.1 Å². The third-order valence-corrected chi connectivity index (χ3v) is 3.67. The van der Waals surface area contributed by atoms with Crippen LogP contribution in [-0.4, -0.2) is 38.4 Å². The first-order valence-electron chi connectivity index (χ1n) is 7.64. The summed E-state index contributed by atoms with van der Waals surface area (Å²) in [6.45, 7) is 3.73. The van der Waals surface area contributed by atoms with E-state index in [1.165, 1.54) is 9.58 Å². The highest BCUT2D eigenvalue weighted by atomic mass is 16.6. The molecule has 1 atom stereocenters. The van der Waals surface area contributed by atoms with Gasteiger partial charge in [0.1, 0.15) is 6.61 Å². The number of aliphatic carboxylic acids is 1. The van der Waals surface area contributed by atoms with Crippen LogP contribution in [0.25, 0.3) is 0 Å². The summed E-state index contributed by atoms with van der Waals surface area (Å²) in [6.07, 6.45) is 0.943. The molecular formula is C17H21N3O4. The third kappa shape index (κ3) is 3.92. The molecule has 2 aromatic rings. The molecule has 0 radical (unpaired) electrons. The number of amides is 1. The van der Waals surface area contributed by atoms with E-state index in [2.05, 4.69) is 5.10 Å². The summed E-state index contributed by atoms with van der Waals surface area (Å²) < 4.78 is 6.81. The zero-order valence-corrected chi connectivity index (χ0v) is 14.0. The highest BCUT2D eigenvalue weighted by molar-refractivity contribution is 5.81. The number of carboxylic acids is 1. The van der Waals surface area contributed by atoms with Gasteiger partial charge in [-0.05, 0) is 19.4 Å². The molecule has 7 nitrogen and oxygen atoms in total. The van der Waals surface area contributed by atoms with Crippen molar-refractivity contribution in [3.63, 3.8) is 0 Å². The Kier molecular flexibility index (Phi) is 5.57. The van der Waals surface area contributed by atoms with Crippen molar-refractivity contribution in [1.82, 2.24) is 14.7 Å². The van der Waals surface area contributed by atoms with Crippen molar-refractivity contribution in [2.75, 3.05) is 6.54 Å². The first-order chi connectivity index (χ1) is 11.4. The summed E-state index contributed by atoms with van der Waals surface area (Å²) in [6, 6.07) is 8.11. The Morgan fingerprint density at radius 3 is 2.50 bits per heavy atom. The van der Waals surface area contributed by atoms with E-state index in [9.17, 15) is 14.7 Å². The van der Waals surface area contributed by atoms with E-state index < -0.39 is 18.1 Å². The van der Waals surface area contributed by atoms with Crippen LogP contribution < -0.4 is 0 Å². The monoisotopic (exact) mass is 331 g/mol. The van der Waals surface area contributed by atoms with Crippen LogP contribution in [0.1, 0.15) is 29.8 Å². The van der Waals surface area contributed by atoms with E-state index in [0.29, 0.717) is 11.3 Å². The Hall–Kier alpha value is -2.83. The van der Waals surface area contributed by atoms with E-state index in [-0.39, 0.29) is 13.2 Å². The molecule has 24 heavy (non-hydrogen) atoms. The Balaban J connectivity index is 2.18. The van der Waals surface area contributed by atoms with Gasteiger partial charge in [-0.2, -0.15) is 5.10 Å². The van der Waals surface area contributed by atoms with Crippen LogP contribution in [0.4, 0.5) is 4.79 Å². The topological polar surface area (TPSA) is 84.7 Å². The fourth-order valence-electron chi connectivity index (χ4n) is 2.54. The number of benzene rings is 1. The predicted molar refractivity (Wildman–Crippen MR) is 87.3 cm³/mol. The number of nitrogens with zero attached hydrogens (tertiary/aromatic N) is 3. The minimum absolute atomic E-state index is 0.0918. The molecule has 0 aliphatic rings. The van der Waals surface area contributed by atoms with E-state index in [1.54, 1.807) is 27.1 Å². The minimum atomic E-state index is -1.13. The van der Waals surface area contributed by atoms with Gasteiger partial charge in [0.25, 0.3) is 0 Å². The first kappa shape index (κ1) is 17.5. The van der Waals surface area contributed by atoms with Crippen LogP contribution in [0, 0.1) is 6.92 Å². The molecule has 1 aromatic heterocycles. The Morgan fingerprint density at radius 2 is 2.00 bits per heavy atom. The van der Waals surface area contributed by atoms with Crippen molar-refractivity contribution in [2.24, 2.45) is 7.05 Å². The third-order valence-electron chi connectivity index (χ3n) is 3.67. The quantitative estimate of drug-likeness (QED) is 0.879. The molecule has 0 bridgehead atoms. The SMILES string of the molecule is CCN(C(=O)OCc1ccccc1)C(C(=O)O)c1cn(C)nc1C. The number of ether oxygens (including phenoxy) is 1. The second-order valence-corrected chi connectivity index (χ2v) is 5.41. The molecule has 0 fully saturated rings. The lowest BCUT2D eigenvalue weighted by molar-refractivity contribution is -0.143. The van der Waals surface area contributed by atoms with E-state index >= 15 is 0 Å². The number of likely N-dealkylation sites (N-methyl/N-ethyl adjacent to an activating group) is 1. The highest BCUT2D eigenvalue weighted by Gasteiger charge is 2.33. The maximum atomic E-state index is 12.4. The van der Waals surface area contributed by atoms with Gasteiger partial charge in [0.15, 0.2) is 6.04 Å². The van der Waals surface area contributed by atoms with Crippen LogP contribution in [0.2, 0.25) is 0 Å². The number of rotatable bonds is 6. The van der Waals surface area contributed by atoms with E-state index in [0.717, 1.165) is 5.56 Å². The van der Waals surface area contributed by atoms with Crippen molar-refractivity contribution in [3.8, 4) is 0 Å². The highest BCUT2D eigenvalue weighted by Crippen LogP contribution is 2.24. The fraction of sp³-hybridized carbons (Fsp3) is 0.353. The Bertz CT molecular complexity index is 712. The van der Waals surface area contributed by atoms with Crippen molar-refractivity contribution >= 4 is 12.1 Å². The van der Waals surface area contributed by atoms with Crippen LogP contribution in [0.3, 0.4) is 0 Å². The van der Waals surface area contributed by atoms with Gasteiger partial charge in [-0.25, -0.2) is 9.59 Å². The summed E-state index contributed by atoms with van der Waals surface area (Å²) in [4.78, 5) is 25.3. The molecule has 7 heteroatoms.